The zero-order valence-electron chi connectivity index (χ0n) is 31.4. The molecule has 4 heterocycles. The van der Waals surface area contributed by atoms with Crippen molar-refractivity contribution in [3.63, 3.8) is 0 Å². The molecule has 3 aliphatic heterocycles. The molecular weight excluding hydrogens is 708 g/mol. The number of anilines is 1. The molecular formula is C41H53FN6O5S. The van der Waals surface area contributed by atoms with E-state index in [1.807, 2.05) is 30.6 Å². The molecule has 3 atom stereocenters. The second-order valence-corrected chi connectivity index (χ2v) is 17.8. The number of imidazole rings is 1. The summed E-state index contributed by atoms with van der Waals surface area (Å²) < 4.78 is 48.7. The molecule has 2 aromatic carbocycles. The van der Waals surface area contributed by atoms with Crippen LogP contribution in [0, 0.1) is 23.6 Å². The highest BCUT2D eigenvalue weighted by molar-refractivity contribution is 7.92. The van der Waals surface area contributed by atoms with Gasteiger partial charge in [0.2, 0.25) is 5.91 Å². The Kier molecular flexibility index (Phi) is 11.2. The number of likely N-dealkylation sites (tertiary alicyclic amines) is 2. The highest BCUT2D eigenvalue weighted by Crippen LogP contribution is 2.52. The first kappa shape index (κ1) is 38.1. The van der Waals surface area contributed by atoms with Gasteiger partial charge in [0.05, 0.1) is 12.0 Å². The van der Waals surface area contributed by atoms with E-state index >= 15 is 4.39 Å². The number of sulfone groups is 1. The van der Waals surface area contributed by atoms with E-state index in [1.54, 1.807) is 18.2 Å². The molecule has 11 nitrogen and oxygen atoms in total. The number of aromatic nitrogens is 2. The van der Waals surface area contributed by atoms with E-state index in [9.17, 15) is 18.0 Å². The van der Waals surface area contributed by atoms with Crippen molar-refractivity contribution >= 4 is 27.5 Å². The van der Waals surface area contributed by atoms with Crippen LogP contribution in [0.5, 0.6) is 0 Å². The number of piperidine rings is 1. The van der Waals surface area contributed by atoms with Gasteiger partial charge in [0, 0.05) is 81.1 Å². The largest absolute Gasteiger partial charge is 0.453 e. The van der Waals surface area contributed by atoms with Gasteiger partial charge in [-0.3, -0.25) is 4.79 Å². The third-order valence-electron chi connectivity index (χ3n) is 12.7. The molecule has 1 saturated carbocycles. The summed E-state index contributed by atoms with van der Waals surface area (Å²) in [4.78, 5) is 35.7. The number of methoxy groups -OCH3 is 1. The molecule has 7 rings (SSSR count). The SMILES string of the molecule is C=CC(=O)N1CC(S(=O)(=O)c2ccc(N3CC(CN4CCC([C@@](Cn5ccnc5CC)(c5cccc(F)c5)[C@H]5CCC[C@@H]5NC(=O)OC)CC4)C3)cc2)C1. The van der Waals surface area contributed by atoms with E-state index in [-0.39, 0.29) is 42.7 Å². The summed E-state index contributed by atoms with van der Waals surface area (Å²) in [5, 5.41) is 2.59. The van der Waals surface area contributed by atoms with Crippen LogP contribution < -0.4 is 10.2 Å². The third-order valence-corrected chi connectivity index (χ3v) is 14.8. The maximum atomic E-state index is 15.1. The van der Waals surface area contributed by atoms with Crippen LogP contribution in [0.1, 0.15) is 50.4 Å². The summed E-state index contributed by atoms with van der Waals surface area (Å²) >= 11 is 0. The zero-order chi connectivity index (χ0) is 38.0. The van der Waals surface area contributed by atoms with E-state index in [0.717, 1.165) is 88.3 Å². The van der Waals surface area contributed by atoms with Crippen LogP contribution in [0.2, 0.25) is 0 Å². The van der Waals surface area contributed by atoms with E-state index in [2.05, 4.69) is 44.2 Å². The predicted molar refractivity (Wildman–Crippen MR) is 205 cm³/mol. The number of benzene rings is 2. The minimum atomic E-state index is -3.51. The first-order valence-electron chi connectivity index (χ1n) is 19.4. The fourth-order valence-electron chi connectivity index (χ4n) is 9.78. The van der Waals surface area contributed by atoms with Crippen molar-refractivity contribution in [1.29, 1.82) is 0 Å². The van der Waals surface area contributed by atoms with Gasteiger partial charge in [0.15, 0.2) is 9.84 Å². The fraction of sp³-hybridized carbons (Fsp3) is 0.537. The number of alkyl carbamates (subject to hydrolysis) is 1. The van der Waals surface area contributed by atoms with Crippen molar-refractivity contribution in [3.05, 3.63) is 90.8 Å². The number of carbonyl (C=O) groups is 2. The molecule has 1 aliphatic carbocycles. The quantitative estimate of drug-likeness (QED) is 0.241. The van der Waals surface area contributed by atoms with Gasteiger partial charge >= 0.3 is 6.09 Å². The summed E-state index contributed by atoms with van der Waals surface area (Å²) in [7, 11) is -2.11. The molecule has 0 spiro atoms. The summed E-state index contributed by atoms with van der Waals surface area (Å²) in [6.07, 6.45) is 10.2. The van der Waals surface area contributed by atoms with E-state index in [4.69, 9.17) is 4.74 Å². The van der Waals surface area contributed by atoms with Crippen LogP contribution >= 0.6 is 0 Å². The number of aryl methyl sites for hydroxylation is 1. The van der Waals surface area contributed by atoms with Gasteiger partial charge in [-0.15, -0.1) is 0 Å². The molecule has 1 aromatic heterocycles. The van der Waals surface area contributed by atoms with Gasteiger partial charge in [-0.05, 0) is 98.6 Å². The third kappa shape index (κ3) is 7.41. The molecule has 13 heteroatoms. The average molecular weight is 761 g/mol. The standard InChI is InChI=1S/C41H53FN6O5S/c1-4-38-43-18-21-46(38)28-41(31-8-6-9-32(42)22-31,36-10-7-11-37(36)44-40(50)53-3)30-16-19-45(20-17-30)23-29-24-47(25-29)33-12-14-34(15-13-33)54(51,52)35-26-48(27-35)39(49)5-2/h5-6,8-9,12-15,18,21-22,29-30,35-37H,2,4,7,10-11,16-17,19-20,23-28H2,1,3H3,(H,44,50)/t36-,37-,41-/m0/s1. The van der Waals surface area contributed by atoms with Crippen LogP contribution in [0.25, 0.3) is 0 Å². The van der Waals surface area contributed by atoms with Gasteiger partial charge in [-0.25, -0.2) is 22.6 Å². The number of hydrogen-bond donors (Lipinski definition) is 1. The number of ether oxygens (including phenoxy) is 1. The van der Waals surface area contributed by atoms with Crippen LogP contribution in [-0.2, 0) is 37.7 Å². The number of amides is 2. The highest BCUT2D eigenvalue weighted by atomic mass is 32.2. The Morgan fingerprint density at radius 3 is 2.46 bits per heavy atom. The molecule has 2 amide bonds. The lowest BCUT2D eigenvalue weighted by atomic mass is 9.58. The zero-order valence-corrected chi connectivity index (χ0v) is 32.2. The van der Waals surface area contributed by atoms with E-state index in [1.165, 1.54) is 24.2 Å². The van der Waals surface area contributed by atoms with Crippen molar-refractivity contribution in [3.8, 4) is 0 Å². The van der Waals surface area contributed by atoms with E-state index in [0.29, 0.717) is 17.4 Å². The number of halogens is 1. The lowest BCUT2D eigenvalue weighted by molar-refractivity contribution is -0.129. The van der Waals surface area contributed by atoms with Crippen LogP contribution in [0.4, 0.5) is 14.9 Å². The van der Waals surface area contributed by atoms with Crippen molar-refractivity contribution in [1.82, 2.24) is 24.7 Å². The number of nitrogens with zero attached hydrogens (tertiary/aromatic N) is 5. The Balaban J connectivity index is 1.02. The van der Waals surface area contributed by atoms with Crippen LogP contribution in [0.15, 0.2) is 78.5 Å². The Hall–Kier alpha value is -4.23. The van der Waals surface area contributed by atoms with Gasteiger partial charge in [-0.1, -0.05) is 32.1 Å². The maximum absolute atomic E-state index is 15.1. The van der Waals surface area contributed by atoms with Crippen molar-refractivity contribution in [2.45, 2.75) is 73.6 Å². The Morgan fingerprint density at radius 2 is 1.80 bits per heavy atom. The number of carbonyl (C=O) groups excluding carboxylic acids is 2. The lowest BCUT2D eigenvalue weighted by Crippen LogP contribution is -2.56. The molecule has 0 radical (unpaired) electrons. The normalized spacial score (nSPS) is 22.6. The molecule has 3 saturated heterocycles. The molecule has 4 fully saturated rings. The molecule has 4 aliphatic rings. The first-order chi connectivity index (χ1) is 26.0. The molecule has 1 N–H and O–H groups in total. The number of rotatable bonds is 13. The second kappa shape index (κ2) is 15.9. The smallest absolute Gasteiger partial charge is 0.407 e. The van der Waals surface area contributed by atoms with Crippen LogP contribution in [-0.4, -0.2) is 104 Å². The molecule has 54 heavy (non-hydrogen) atoms. The molecule has 290 valence electrons. The summed E-state index contributed by atoms with van der Waals surface area (Å²) in [6, 6.07) is 14.2. The van der Waals surface area contributed by atoms with E-state index < -0.39 is 26.6 Å². The van der Waals surface area contributed by atoms with Gasteiger partial charge in [-0.2, -0.15) is 0 Å². The summed E-state index contributed by atoms with van der Waals surface area (Å²) in [5.74, 6) is 1.36. The Labute approximate surface area is 318 Å². The Bertz CT molecular complexity index is 1920. The minimum Gasteiger partial charge on any atom is -0.453 e. The number of nitrogens with one attached hydrogen (secondary N) is 1. The first-order valence-corrected chi connectivity index (χ1v) is 20.9. The summed E-state index contributed by atoms with van der Waals surface area (Å²) in [6.45, 7) is 11.3. The van der Waals surface area contributed by atoms with Crippen molar-refractivity contribution in [2.24, 2.45) is 17.8 Å². The summed E-state index contributed by atoms with van der Waals surface area (Å²) in [5.41, 5.74) is 1.57. The fourth-order valence-corrected chi connectivity index (χ4v) is 11.4. The second-order valence-electron chi connectivity index (χ2n) is 15.6. The Morgan fingerprint density at radius 1 is 1.06 bits per heavy atom. The molecule has 3 aromatic rings. The van der Waals surface area contributed by atoms with Gasteiger partial charge in [0.25, 0.3) is 0 Å². The number of hydrogen-bond acceptors (Lipinski definition) is 8. The average Bonchev–Trinajstić information content (AvgIpc) is 3.80. The predicted octanol–water partition coefficient (Wildman–Crippen LogP) is 5.07. The van der Waals surface area contributed by atoms with Crippen molar-refractivity contribution < 1.29 is 27.1 Å². The van der Waals surface area contributed by atoms with Crippen molar-refractivity contribution in [2.75, 3.05) is 57.8 Å². The highest BCUT2D eigenvalue weighted by Gasteiger charge is 2.52. The minimum absolute atomic E-state index is 0.0842. The maximum Gasteiger partial charge on any atom is 0.407 e. The van der Waals surface area contributed by atoms with Gasteiger partial charge < -0.3 is 29.3 Å². The van der Waals surface area contributed by atoms with Gasteiger partial charge in [0.1, 0.15) is 16.9 Å². The van der Waals surface area contributed by atoms with Crippen LogP contribution in [0.3, 0.4) is 0 Å². The molecule has 0 unspecified atom stereocenters. The topological polar surface area (TPSA) is 117 Å². The lowest BCUT2D eigenvalue weighted by Gasteiger charge is -2.51. The molecule has 0 bridgehead atoms. The monoisotopic (exact) mass is 760 g/mol.